The van der Waals surface area contributed by atoms with Gasteiger partial charge in [-0.1, -0.05) is 0 Å². The Labute approximate surface area is 169 Å². The summed E-state index contributed by atoms with van der Waals surface area (Å²) in [5.74, 6) is -2.34. The third-order valence-corrected chi connectivity index (χ3v) is 4.37. The summed E-state index contributed by atoms with van der Waals surface area (Å²) in [6.07, 6.45) is -3.53. The molecule has 2 aromatic carbocycles. The molecule has 1 saturated heterocycles. The molecule has 0 bridgehead atoms. The Bertz CT molecular complexity index is 974. The number of hydrogen-bond donors (Lipinski definition) is 2. The van der Waals surface area contributed by atoms with Crippen molar-refractivity contribution in [1.82, 2.24) is 0 Å². The molecule has 3 rings (SSSR count). The summed E-state index contributed by atoms with van der Waals surface area (Å²) >= 11 is 0. The highest BCUT2D eigenvalue weighted by Gasteiger charge is 2.31. The van der Waals surface area contributed by atoms with Gasteiger partial charge in [0.05, 0.1) is 0 Å². The molecule has 158 valence electrons. The van der Waals surface area contributed by atoms with Gasteiger partial charge in [-0.3, -0.25) is 14.4 Å². The number of carbonyl (C=O) groups excluding carboxylic acids is 3. The minimum absolute atomic E-state index is 0.0425. The van der Waals surface area contributed by atoms with Crippen LogP contribution in [0.2, 0.25) is 0 Å². The number of carbonyl (C=O) groups is 3. The minimum Gasteiger partial charge on any atom is -0.406 e. The summed E-state index contributed by atoms with van der Waals surface area (Å²) in [6.45, 7) is 2.43. The lowest BCUT2D eigenvalue weighted by Crippen LogP contribution is -2.29. The zero-order valence-electron chi connectivity index (χ0n) is 15.9. The van der Waals surface area contributed by atoms with E-state index in [2.05, 4.69) is 15.4 Å². The fourth-order valence-electron chi connectivity index (χ4n) is 3.05. The number of ether oxygens (including phenoxy) is 1. The van der Waals surface area contributed by atoms with Crippen LogP contribution < -0.4 is 20.3 Å². The Morgan fingerprint density at radius 1 is 1.00 bits per heavy atom. The van der Waals surface area contributed by atoms with E-state index in [-0.39, 0.29) is 11.6 Å². The van der Waals surface area contributed by atoms with Gasteiger partial charge in [0.2, 0.25) is 5.91 Å². The lowest BCUT2D eigenvalue weighted by Gasteiger charge is -2.19. The molecular weight excluding hydrogens is 403 g/mol. The van der Waals surface area contributed by atoms with Crippen molar-refractivity contribution in [3.8, 4) is 5.75 Å². The highest BCUT2D eigenvalue weighted by molar-refractivity contribution is 6.43. The first-order chi connectivity index (χ1) is 14.1. The topological polar surface area (TPSA) is 87.7 Å². The van der Waals surface area contributed by atoms with E-state index < -0.39 is 23.9 Å². The number of nitrogens with one attached hydrogen (secondary N) is 2. The number of benzene rings is 2. The van der Waals surface area contributed by atoms with E-state index >= 15 is 0 Å². The van der Waals surface area contributed by atoms with Crippen LogP contribution >= 0.6 is 0 Å². The molecule has 1 aliphatic rings. The van der Waals surface area contributed by atoms with Gasteiger partial charge in [-0.2, -0.15) is 0 Å². The van der Waals surface area contributed by atoms with Crippen molar-refractivity contribution < 1.29 is 32.3 Å². The maximum absolute atomic E-state index is 12.2. The van der Waals surface area contributed by atoms with Crippen molar-refractivity contribution in [3.63, 3.8) is 0 Å². The number of halogens is 3. The second-order valence-corrected chi connectivity index (χ2v) is 6.63. The van der Waals surface area contributed by atoms with Crippen LogP contribution in [0.5, 0.6) is 5.75 Å². The minimum atomic E-state index is -4.82. The first-order valence-electron chi connectivity index (χ1n) is 9.01. The monoisotopic (exact) mass is 421 g/mol. The average Bonchev–Trinajstić information content (AvgIpc) is 3.08. The molecule has 2 N–H and O–H groups in total. The summed E-state index contributed by atoms with van der Waals surface area (Å²) in [7, 11) is 0. The van der Waals surface area contributed by atoms with Gasteiger partial charge in [-0.25, -0.2) is 0 Å². The first-order valence-corrected chi connectivity index (χ1v) is 9.01. The number of alkyl halides is 3. The normalized spacial score (nSPS) is 13.9. The van der Waals surface area contributed by atoms with Crippen LogP contribution in [0.25, 0.3) is 0 Å². The average molecular weight is 421 g/mol. The Balaban J connectivity index is 1.59. The van der Waals surface area contributed by atoms with Gasteiger partial charge in [0.25, 0.3) is 0 Å². The maximum Gasteiger partial charge on any atom is 0.573 e. The van der Waals surface area contributed by atoms with Gasteiger partial charge < -0.3 is 20.3 Å². The third-order valence-electron chi connectivity index (χ3n) is 4.37. The summed E-state index contributed by atoms with van der Waals surface area (Å²) in [5, 5.41) is 4.73. The molecule has 3 amide bonds. The van der Waals surface area contributed by atoms with Crippen LogP contribution in [-0.2, 0) is 14.4 Å². The number of anilines is 3. The van der Waals surface area contributed by atoms with Gasteiger partial charge >= 0.3 is 18.2 Å². The smallest absolute Gasteiger partial charge is 0.406 e. The van der Waals surface area contributed by atoms with Gasteiger partial charge in [0.1, 0.15) is 5.75 Å². The van der Waals surface area contributed by atoms with Crippen LogP contribution in [0.1, 0.15) is 18.4 Å². The van der Waals surface area contributed by atoms with Gasteiger partial charge in [-0.05, 0) is 61.4 Å². The van der Waals surface area contributed by atoms with E-state index in [1.165, 1.54) is 12.1 Å². The van der Waals surface area contributed by atoms with Crippen LogP contribution in [0.3, 0.4) is 0 Å². The van der Waals surface area contributed by atoms with Crippen molar-refractivity contribution in [1.29, 1.82) is 0 Å². The van der Waals surface area contributed by atoms with Crippen LogP contribution in [-0.4, -0.2) is 30.6 Å². The zero-order valence-corrected chi connectivity index (χ0v) is 15.9. The molecule has 30 heavy (non-hydrogen) atoms. The van der Waals surface area contributed by atoms with E-state index in [4.69, 9.17) is 0 Å². The van der Waals surface area contributed by atoms with Gasteiger partial charge in [-0.15, -0.1) is 13.2 Å². The maximum atomic E-state index is 12.2. The number of amides is 3. The second kappa shape index (κ2) is 8.44. The number of hydrogen-bond acceptors (Lipinski definition) is 4. The molecule has 7 nitrogen and oxygen atoms in total. The first kappa shape index (κ1) is 21.2. The van der Waals surface area contributed by atoms with Crippen molar-refractivity contribution >= 4 is 34.8 Å². The number of rotatable bonds is 4. The predicted molar refractivity (Wildman–Crippen MR) is 103 cm³/mol. The fourth-order valence-corrected chi connectivity index (χ4v) is 3.05. The molecule has 0 unspecified atom stereocenters. The molecule has 0 radical (unpaired) electrons. The van der Waals surface area contributed by atoms with E-state index in [0.29, 0.717) is 18.7 Å². The Morgan fingerprint density at radius 3 is 2.13 bits per heavy atom. The van der Waals surface area contributed by atoms with E-state index in [1.807, 2.05) is 0 Å². The fraction of sp³-hybridized carbons (Fsp3) is 0.250. The highest BCUT2D eigenvalue weighted by Crippen LogP contribution is 2.27. The molecule has 0 atom stereocenters. The Kier molecular flexibility index (Phi) is 5.95. The highest BCUT2D eigenvalue weighted by atomic mass is 19.4. The van der Waals surface area contributed by atoms with Gasteiger partial charge in [0.15, 0.2) is 0 Å². The molecule has 1 heterocycles. The molecule has 2 aromatic rings. The molecule has 10 heteroatoms. The molecule has 1 aliphatic heterocycles. The molecule has 0 saturated carbocycles. The molecular formula is C20H18F3N3O4. The van der Waals surface area contributed by atoms with Crippen molar-refractivity contribution in [2.75, 3.05) is 22.1 Å². The third kappa shape index (κ3) is 5.28. The largest absolute Gasteiger partial charge is 0.573 e. The van der Waals surface area contributed by atoms with Crippen LogP contribution in [0.4, 0.5) is 30.2 Å². The quantitative estimate of drug-likeness (QED) is 0.739. The molecule has 0 aromatic heterocycles. The number of aryl methyl sites for hydroxylation is 1. The van der Waals surface area contributed by atoms with E-state index in [1.54, 1.807) is 30.0 Å². The van der Waals surface area contributed by atoms with Crippen molar-refractivity contribution in [2.45, 2.75) is 26.1 Å². The second-order valence-electron chi connectivity index (χ2n) is 6.63. The summed E-state index contributed by atoms with van der Waals surface area (Å²) in [4.78, 5) is 37.7. The SMILES string of the molecule is Cc1cc(NC(=O)C(=O)Nc2ccc(OC(F)(F)F)cc2)ccc1N1CCCC1=O. The number of nitrogens with zero attached hydrogens (tertiary/aromatic N) is 1. The molecule has 0 spiro atoms. The van der Waals surface area contributed by atoms with Crippen LogP contribution in [0, 0.1) is 6.92 Å². The Hall–Kier alpha value is -3.56. The summed E-state index contributed by atoms with van der Waals surface area (Å²) in [6, 6.07) is 9.32. The lowest BCUT2D eigenvalue weighted by atomic mass is 10.1. The molecule has 0 aliphatic carbocycles. The Morgan fingerprint density at radius 2 is 1.60 bits per heavy atom. The predicted octanol–water partition coefficient (Wildman–Crippen LogP) is 3.60. The summed E-state index contributed by atoms with van der Waals surface area (Å²) in [5.41, 5.74) is 2.02. The lowest BCUT2D eigenvalue weighted by molar-refractivity contribution is -0.274. The molecule has 1 fully saturated rings. The van der Waals surface area contributed by atoms with E-state index in [0.717, 1.165) is 29.8 Å². The summed E-state index contributed by atoms with van der Waals surface area (Å²) < 4.78 is 40.2. The standard InChI is InChI=1S/C20H18F3N3O4/c1-12-11-14(6-9-16(12)26-10-2-3-17(26)27)25-19(29)18(28)24-13-4-7-15(8-5-13)30-20(21,22)23/h4-9,11H,2-3,10H2,1H3,(H,24,28)(H,25,29). The van der Waals surface area contributed by atoms with Crippen molar-refractivity contribution in [2.24, 2.45) is 0 Å². The van der Waals surface area contributed by atoms with Gasteiger partial charge in [0, 0.05) is 30.0 Å². The van der Waals surface area contributed by atoms with E-state index in [9.17, 15) is 27.6 Å². The van der Waals surface area contributed by atoms with Crippen molar-refractivity contribution in [3.05, 3.63) is 48.0 Å². The zero-order chi connectivity index (χ0) is 21.9. The van der Waals surface area contributed by atoms with Crippen LogP contribution in [0.15, 0.2) is 42.5 Å².